The van der Waals surface area contributed by atoms with E-state index in [4.69, 9.17) is 10.5 Å². The molecule has 0 atom stereocenters. The van der Waals surface area contributed by atoms with Gasteiger partial charge in [0.15, 0.2) is 5.49 Å². The Balaban J connectivity index is 1.71. The number of carbonyl (C=O) groups is 2. The fourth-order valence-corrected chi connectivity index (χ4v) is 4.78. The fraction of sp³-hybridized carbons (Fsp3) is 0.125. The van der Waals surface area contributed by atoms with E-state index in [1.54, 1.807) is 60.7 Å². The van der Waals surface area contributed by atoms with E-state index >= 15 is 0 Å². The topological polar surface area (TPSA) is 154 Å². The van der Waals surface area contributed by atoms with Crippen molar-refractivity contribution in [3.8, 4) is 5.69 Å². The van der Waals surface area contributed by atoms with Crippen LogP contribution >= 0.6 is 0 Å². The number of carboxylic acid groups (broad SMARTS) is 1. The average Bonchev–Trinajstić information content (AvgIpc) is 3.34. The second-order valence-electron chi connectivity index (χ2n) is 10.0. The molecule has 1 aliphatic rings. The number of aromatic nitrogens is 1. The number of rotatable bonds is 10. The lowest BCUT2D eigenvalue weighted by Crippen LogP contribution is -2.47. The molecule has 0 aliphatic carbocycles. The number of carboxylic acids is 1. The first-order valence-electron chi connectivity index (χ1n) is 13.4. The lowest BCUT2D eigenvalue weighted by atomic mass is 10.0. The number of fused-ring (bicyclic) bond motifs is 1. The zero-order valence-corrected chi connectivity index (χ0v) is 23.7. The number of amides is 1. The van der Waals surface area contributed by atoms with Crippen molar-refractivity contribution in [3.63, 3.8) is 0 Å². The van der Waals surface area contributed by atoms with Gasteiger partial charge in [-0.1, -0.05) is 48.6 Å². The van der Waals surface area contributed by atoms with E-state index < -0.39 is 23.0 Å². The van der Waals surface area contributed by atoms with Crippen LogP contribution in [0, 0.1) is 0 Å². The molecule has 2 heterocycles. The highest BCUT2D eigenvalue weighted by Crippen LogP contribution is 2.22. The summed E-state index contributed by atoms with van der Waals surface area (Å²) in [6.45, 7) is -0.156. The first-order chi connectivity index (χ1) is 21.2. The molecule has 0 spiro atoms. The van der Waals surface area contributed by atoms with Crippen molar-refractivity contribution in [2.75, 3.05) is 24.0 Å². The molecule has 5 rings (SSSR count). The van der Waals surface area contributed by atoms with E-state index in [1.165, 1.54) is 10.6 Å². The average molecular weight is 597 g/mol. The molecule has 12 heteroatoms. The van der Waals surface area contributed by atoms with Crippen molar-refractivity contribution < 1.29 is 35.0 Å². The summed E-state index contributed by atoms with van der Waals surface area (Å²) in [6.07, 6.45) is 4.65. The summed E-state index contributed by atoms with van der Waals surface area (Å²) in [4.78, 5) is 50.8. The molecule has 224 valence electrons. The highest BCUT2D eigenvalue weighted by Gasteiger charge is 2.34. The Morgan fingerprint density at radius 3 is 1.95 bits per heavy atom. The summed E-state index contributed by atoms with van der Waals surface area (Å²) in [7, 11) is 3.85. The van der Waals surface area contributed by atoms with Crippen LogP contribution in [0.15, 0.2) is 88.8 Å². The quantitative estimate of drug-likeness (QED) is 0.185. The summed E-state index contributed by atoms with van der Waals surface area (Å²) in [6, 6.07) is 20.4. The van der Waals surface area contributed by atoms with E-state index in [9.17, 15) is 19.5 Å². The monoisotopic (exact) mass is 596 g/mol. The van der Waals surface area contributed by atoms with Crippen LogP contribution in [-0.2, 0) is 23.0 Å². The molecule has 0 saturated heterocycles. The summed E-state index contributed by atoms with van der Waals surface area (Å²) in [5.41, 5.74) is 2.11. The number of aromatic carboxylic acids is 1. The Labute approximate surface area is 250 Å². The Hall–Kier alpha value is -5.40. The van der Waals surface area contributed by atoms with E-state index in [0.717, 1.165) is 16.3 Å². The van der Waals surface area contributed by atoms with Crippen LogP contribution in [0.1, 0.15) is 37.4 Å². The maximum Gasteiger partial charge on any atom is 0.337 e. The van der Waals surface area contributed by atoms with Crippen LogP contribution in [-0.4, -0.2) is 46.2 Å². The first kappa shape index (κ1) is 30.1. The number of hydrogen-bond donors (Lipinski definition) is 3. The summed E-state index contributed by atoms with van der Waals surface area (Å²) in [5.74, 6) is -2.20. The SMILES string of the molecule is CN(C)c1ccc(/C=C/C=c2/c(C(=O)O)c3c(n(-c4ccc(COO)cc4)c2=O)=NN(c2ccc(COO)cc2)C3=O)cc1. The normalized spacial score (nSPS) is 13.0. The summed E-state index contributed by atoms with van der Waals surface area (Å²) in [5, 5.41) is 33.1. The van der Waals surface area contributed by atoms with Crippen molar-refractivity contribution in [3.05, 3.63) is 128 Å². The largest absolute Gasteiger partial charge is 0.478 e. The van der Waals surface area contributed by atoms with Crippen LogP contribution < -0.4 is 26.2 Å². The smallest absolute Gasteiger partial charge is 0.337 e. The number of pyridine rings is 1. The van der Waals surface area contributed by atoms with E-state index in [2.05, 4.69) is 14.9 Å². The molecule has 0 fully saturated rings. The second kappa shape index (κ2) is 12.9. The lowest BCUT2D eigenvalue weighted by molar-refractivity contribution is -0.253. The van der Waals surface area contributed by atoms with Gasteiger partial charge >= 0.3 is 5.97 Å². The molecule has 0 radical (unpaired) electrons. The number of benzene rings is 3. The Bertz CT molecular complexity index is 1910. The molecule has 44 heavy (non-hydrogen) atoms. The molecule has 0 saturated carbocycles. The summed E-state index contributed by atoms with van der Waals surface area (Å²) >= 11 is 0. The van der Waals surface area contributed by atoms with E-state index in [1.807, 2.05) is 43.3 Å². The highest BCUT2D eigenvalue weighted by molar-refractivity contribution is 6.12. The fourth-order valence-electron chi connectivity index (χ4n) is 4.78. The molecule has 1 amide bonds. The minimum absolute atomic E-state index is 0.0713. The Morgan fingerprint density at radius 1 is 0.864 bits per heavy atom. The van der Waals surface area contributed by atoms with Crippen LogP contribution in [0.5, 0.6) is 0 Å². The number of carbonyl (C=O) groups excluding carboxylic acids is 1. The van der Waals surface area contributed by atoms with Crippen molar-refractivity contribution in [1.82, 2.24) is 4.57 Å². The van der Waals surface area contributed by atoms with Gasteiger partial charge in [0.05, 0.1) is 22.2 Å². The van der Waals surface area contributed by atoms with Gasteiger partial charge in [0.1, 0.15) is 18.8 Å². The predicted molar refractivity (Wildman–Crippen MR) is 162 cm³/mol. The zero-order chi connectivity index (χ0) is 31.4. The van der Waals surface area contributed by atoms with Crippen LogP contribution in [0.2, 0.25) is 0 Å². The van der Waals surface area contributed by atoms with E-state index in [-0.39, 0.29) is 29.5 Å². The molecular weight excluding hydrogens is 568 g/mol. The number of hydrogen-bond acceptors (Lipinski definition) is 9. The molecule has 12 nitrogen and oxygen atoms in total. The first-order valence-corrected chi connectivity index (χ1v) is 13.4. The van der Waals surface area contributed by atoms with Gasteiger partial charge in [-0.05, 0) is 59.2 Å². The maximum absolute atomic E-state index is 14.0. The molecule has 1 aliphatic heterocycles. The van der Waals surface area contributed by atoms with Crippen LogP contribution in [0.3, 0.4) is 0 Å². The molecule has 3 N–H and O–H groups in total. The van der Waals surface area contributed by atoms with Gasteiger partial charge in [-0.3, -0.25) is 24.7 Å². The third-order valence-corrected chi connectivity index (χ3v) is 7.00. The van der Waals surface area contributed by atoms with Gasteiger partial charge in [-0.2, -0.15) is 5.01 Å². The van der Waals surface area contributed by atoms with Gasteiger partial charge in [-0.15, -0.1) is 5.10 Å². The third-order valence-electron chi connectivity index (χ3n) is 7.00. The molecule has 1 aromatic heterocycles. The number of nitrogens with zero attached hydrogens (tertiary/aromatic N) is 4. The van der Waals surface area contributed by atoms with Crippen molar-refractivity contribution in [1.29, 1.82) is 0 Å². The minimum Gasteiger partial charge on any atom is -0.478 e. The van der Waals surface area contributed by atoms with Gasteiger partial charge in [0.2, 0.25) is 0 Å². The lowest BCUT2D eigenvalue weighted by Gasteiger charge is -2.12. The minimum atomic E-state index is -1.46. The molecule has 0 unspecified atom stereocenters. The standard InChI is InChI=1S/C32H28N4O8/c1-34(2)23-12-6-20(7-13-23)4-3-5-26-27(32(39)40)28-29(35(30(26)37)24-14-8-21(9-15-24)18-43-41)33-36(31(28)38)25-16-10-22(11-17-25)19-44-42/h3-17,41-42H,18-19H2,1-2H3,(H,39,40)/b4-3+,26-5-. The third kappa shape index (κ3) is 5.91. The van der Waals surface area contributed by atoms with Crippen molar-refractivity contribution in [2.45, 2.75) is 13.2 Å². The van der Waals surface area contributed by atoms with E-state index in [0.29, 0.717) is 22.5 Å². The molecular formula is C32H28N4O8. The molecule has 4 aromatic rings. The van der Waals surface area contributed by atoms with Gasteiger partial charge in [0.25, 0.3) is 11.5 Å². The molecule has 0 bridgehead atoms. The van der Waals surface area contributed by atoms with Gasteiger partial charge in [0, 0.05) is 19.8 Å². The predicted octanol–water partition coefficient (Wildman–Crippen LogP) is 3.27. The number of anilines is 2. The Kier molecular flexibility index (Phi) is 8.78. The van der Waals surface area contributed by atoms with Crippen molar-refractivity contribution in [2.24, 2.45) is 5.10 Å². The van der Waals surface area contributed by atoms with Crippen LogP contribution in [0.4, 0.5) is 11.4 Å². The van der Waals surface area contributed by atoms with Gasteiger partial charge in [-0.25, -0.2) is 14.6 Å². The van der Waals surface area contributed by atoms with Crippen molar-refractivity contribution >= 4 is 35.4 Å². The highest BCUT2D eigenvalue weighted by atomic mass is 17.1. The molecule has 3 aromatic carbocycles. The van der Waals surface area contributed by atoms with Gasteiger partial charge < -0.3 is 10.0 Å². The maximum atomic E-state index is 14.0. The van der Waals surface area contributed by atoms with Crippen LogP contribution in [0.25, 0.3) is 17.8 Å². The second-order valence-corrected chi connectivity index (χ2v) is 10.0. The Morgan fingerprint density at radius 2 is 1.43 bits per heavy atom. The summed E-state index contributed by atoms with van der Waals surface area (Å²) < 4.78 is 1.18. The zero-order valence-electron chi connectivity index (χ0n) is 23.7. The number of allylic oxidation sites excluding steroid dienone is 1.